The van der Waals surface area contributed by atoms with Crippen molar-refractivity contribution in [1.82, 2.24) is 0 Å². The Kier molecular flexibility index (Phi) is 5.28. The lowest BCUT2D eigenvalue weighted by Crippen LogP contribution is -2.06. The van der Waals surface area contributed by atoms with Gasteiger partial charge in [0.15, 0.2) is 0 Å². The van der Waals surface area contributed by atoms with Gasteiger partial charge in [-0.2, -0.15) is 0 Å². The highest BCUT2D eigenvalue weighted by atomic mass is 35.7. The van der Waals surface area contributed by atoms with Gasteiger partial charge in [-0.1, -0.05) is 32.0 Å². The van der Waals surface area contributed by atoms with E-state index in [4.69, 9.17) is 15.4 Å². The third kappa shape index (κ3) is 5.41. The van der Waals surface area contributed by atoms with E-state index >= 15 is 0 Å². The van der Waals surface area contributed by atoms with Gasteiger partial charge in [-0.15, -0.1) is 0 Å². The zero-order valence-electron chi connectivity index (χ0n) is 10.0. The van der Waals surface area contributed by atoms with Gasteiger partial charge in [0.2, 0.25) is 9.05 Å². The molecule has 0 heterocycles. The molecule has 0 amide bonds. The standard InChI is InChI=1S/C12H17ClO3S/c1-10(2)11-6-3-4-7-12(11)16-8-5-9-17(13,14)15/h3-4,6-7,10H,5,8-9H2,1-2H3. The molecule has 0 aliphatic rings. The van der Waals surface area contributed by atoms with E-state index in [9.17, 15) is 8.42 Å². The molecule has 0 N–H and O–H groups in total. The largest absolute Gasteiger partial charge is 0.493 e. The summed E-state index contributed by atoms with van der Waals surface area (Å²) in [6.07, 6.45) is 0.401. The maximum absolute atomic E-state index is 10.7. The molecule has 0 unspecified atom stereocenters. The minimum Gasteiger partial charge on any atom is -0.493 e. The third-order valence-electron chi connectivity index (χ3n) is 2.33. The summed E-state index contributed by atoms with van der Waals surface area (Å²) in [5, 5.41) is 0. The average molecular weight is 277 g/mol. The minimum absolute atomic E-state index is 0.0571. The molecule has 17 heavy (non-hydrogen) atoms. The van der Waals surface area contributed by atoms with Crippen LogP contribution in [0.1, 0.15) is 31.7 Å². The third-order valence-corrected chi connectivity index (χ3v) is 3.57. The number of hydrogen-bond donors (Lipinski definition) is 0. The quantitative estimate of drug-likeness (QED) is 0.592. The summed E-state index contributed by atoms with van der Waals surface area (Å²) in [6.45, 7) is 4.53. The summed E-state index contributed by atoms with van der Waals surface area (Å²) < 4.78 is 27.0. The predicted molar refractivity (Wildman–Crippen MR) is 70.3 cm³/mol. The number of rotatable bonds is 6. The Morgan fingerprint density at radius 3 is 2.53 bits per heavy atom. The van der Waals surface area contributed by atoms with Crippen molar-refractivity contribution in [3.63, 3.8) is 0 Å². The summed E-state index contributed by atoms with van der Waals surface area (Å²) in [7, 11) is 1.70. The van der Waals surface area contributed by atoms with E-state index < -0.39 is 9.05 Å². The van der Waals surface area contributed by atoms with Gasteiger partial charge in [-0.3, -0.25) is 0 Å². The van der Waals surface area contributed by atoms with Gasteiger partial charge in [0.1, 0.15) is 5.75 Å². The van der Waals surface area contributed by atoms with Crippen molar-refractivity contribution in [2.75, 3.05) is 12.4 Å². The normalized spacial score (nSPS) is 11.8. The van der Waals surface area contributed by atoms with E-state index in [0.29, 0.717) is 18.9 Å². The second kappa shape index (κ2) is 6.26. The first kappa shape index (κ1) is 14.3. The van der Waals surface area contributed by atoms with Gasteiger partial charge in [0.25, 0.3) is 0 Å². The van der Waals surface area contributed by atoms with Crippen LogP contribution >= 0.6 is 10.7 Å². The van der Waals surface area contributed by atoms with Gasteiger partial charge in [0.05, 0.1) is 12.4 Å². The molecule has 0 saturated carbocycles. The lowest BCUT2D eigenvalue weighted by molar-refractivity contribution is 0.313. The Morgan fingerprint density at radius 1 is 1.29 bits per heavy atom. The van der Waals surface area contributed by atoms with Gasteiger partial charge in [0, 0.05) is 10.7 Å². The highest BCUT2D eigenvalue weighted by Crippen LogP contribution is 2.25. The number of hydrogen-bond acceptors (Lipinski definition) is 3. The minimum atomic E-state index is -3.41. The molecule has 0 aromatic heterocycles. The zero-order valence-corrected chi connectivity index (χ0v) is 11.6. The van der Waals surface area contributed by atoms with E-state index in [1.54, 1.807) is 0 Å². The fraction of sp³-hybridized carbons (Fsp3) is 0.500. The Balaban J connectivity index is 2.52. The van der Waals surface area contributed by atoms with Crippen LogP contribution in [0.3, 0.4) is 0 Å². The molecule has 0 fully saturated rings. The van der Waals surface area contributed by atoms with Crippen molar-refractivity contribution in [2.45, 2.75) is 26.2 Å². The van der Waals surface area contributed by atoms with Gasteiger partial charge in [-0.05, 0) is 24.0 Å². The number of halogens is 1. The van der Waals surface area contributed by atoms with Gasteiger partial charge < -0.3 is 4.74 Å². The molecule has 1 aromatic rings. The van der Waals surface area contributed by atoms with E-state index in [2.05, 4.69) is 13.8 Å². The molecule has 96 valence electrons. The van der Waals surface area contributed by atoms with Crippen molar-refractivity contribution in [3.8, 4) is 5.75 Å². The molecule has 0 bridgehead atoms. The fourth-order valence-electron chi connectivity index (χ4n) is 1.50. The monoisotopic (exact) mass is 276 g/mol. The molecule has 1 aromatic carbocycles. The topological polar surface area (TPSA) is 43.4 Å². The molecule has 0 atom stereocenters. The Morgan fingerprint density at radius 2 is 1.94 bits per heavy atom. The average Bonchev–Trinajstić information content (AvgIpc) is 2.23. The van der Waals surface area contributed by atoms with E-state index in [1.165, 1.54) is 0 Å². The second-order valence-electron chi connectivity index (χ2n) is 4.14. The van der Waals surface area contributed by atoms with Crippen LogP contribution in [0.5, 0.6) is 5.75 Å². The van der Waals surface area contributed by atoms with Crippen molar-refractivity contribution < 1.29 is 13.2 Å². The van der Waals surface area contributed by atoms with Gasteiger partial charge in [-0.25, -0.2) is 8.42 Å². The van der Waals surface area contributed by atoms with Crippen LogP contribution in [0.25, 0.3) is 0 Å². The zero-order chi connectivity index (χ0) is 12.9. The first-order valence-corrected chi connectivity index (χ1v) is 8.02. The second-order valence-corrected chi connectivity index (χ2v) is 7.03. The highest BCUT2D eigenvalue weighted by Gasteiger charge is 2.08. The van der Waals surface area contributed by atoms with Crippen LogP contribution in [0, 0.1) is 0 Å². The summed E-state index contributed by atoms with van der Waals surface area (Å²) in [4.78, 5) is 0. The molecule has 0 radical (unpaired) electrons. The molecule has 0 spiro atoms. The lowest BCUT2D eigenvalue weighted by atomic mass is 10.0. The van der Waals surface area contributed by atoms with Crippen molar-refractivity contribution in [3.05, 3.63) is 29.8 Å². The van der Waals surface area contributed by atoms with E-state index in [-0.39, 0.29) is 5.75 Å². The molecule has 0 aliphatic carbocycles. The summed E-state index contributed by atoms with van der Waals surface area (Å²) >= 11 is 0. The highest BCUT2D eigenvalue weighted by molar-refractivity contribution is 8.13. The molecular weight excluding hydrogens is 260 g/mol. The van der Waals surface area contributed by atoms with Crippen LogP contribution < -0.4 is 4.74 Å². The fourth-order valence-corrected chi connectivity index (χ4v) is 2.29. The number of para-hydroxylation sites is 1. The smallest absolute Gasteiger partial charge is 0.232 e. The summed E-state index contributed by atoms with van der Waals surface area (Å²) in [5.41, 5.74) is 1.13. The maximum atomic E-state index is 10.7. The van der Waals surface area contributed by atoms with Crippen molar-refractivity contribution in [2.24, 2.45) is 0 Å². The van der Waals surface area contributed by atoms with Crippen LogP contribution in [-0.4, -0.2) is 20.8 Å². The number of ether oxygens (including phenoxy) is 1. The first-order chi connectivity index (χ1) is 7.90. The molecule has 0 aliphatic heterocycles. The molecule has 1 rings (SSSR count). The first-order valence-electron chi connectivity index (χ1n) is 5.54. The summed E-state index contributed by atoms with van der Waals surface area (Å²) in [5.74, 6) is 1.13. The van der Waals surface area contributed by atoms with Crippen LogP contribution in [-0.2, 0) is 9.05 Å². The predicted octanol–water partition coefficient (Wildman–Crippen LogP) is 3.15. The maximum Gasteiger partial charge on any atom is 0.232 e. The molecule has 0 saturated heterocycles. The Bertz CT molecular complexity index is 455. The summed E-state index contributed by atoms with van der Waals surface area (Å²) in [6, 6.07) is 7.77. The Hall–Kier alpha value is -0.740. The lowest BCUT2D eigenvalue weighted by Gasteiger charge is -2.13. The molecule has 5 heteroatoms. The molecule has 3 nitrogen and oxygen atoms in total. The van der Waals surface area contributed by atoms with E-state index in [1.807, 2.05) is 24.3 Å². The van der Waals surface area contributed by atoms with Crippen LogP contribution in [0.15, 0.2) is 24.3 Å². The molecular formula is C12H17ClO3S. The van der Waals surface area contributed by atoms with Gasteiger partial charge >= 0.3 is 0 Å². The van der Waals surface area contributed by atoms with Crippen molar-refractivity contribution >= 4 is 19.7 Å². The van der Waals surface area contributed by atoms with Crippen LogP contribution in [0.2, 0.25) is 0 Å². The van der Waals surface area contributed by atoms with Crippen LogP contribution in [0.4, 0.5) is 0 Å². The Labute approximate surface area is 107 Å². The van der Waals surface area contributed by atoms with E-state index in [0.717, 1.165) is 11.3 Å². The number of benzene rings is 1. The SMILES string of the molecule is CC(C)c1ccccc1OCCCS(=O)(=O)Cl. The van der Waals surface area contributed by atoms with Crippen molar-refractivity contribution in [1.29, 1.82) is 0 Å².